The lowest BCUT2D eigenvalue weighted by Gasteiger charge is -2.15. The number of likely N-dealkylation sites (N-methyl/N-ethyl adjacent to an activating group) is 1. The Bertz CT molecular complexity index is 296. The number of amides is 1. The molecule has 0 aliphatic heterocycles. The van der Waals surface area contributed by atoms with E-state index in [1.807, 2.05) is 0 Å². The van der Waals surface area contributed by atoms with Crippen LogP contribution >= 0.6 is 0 Å². The van der Waals surface area contributed by atoms with Gasteiger partial charge in [0.05, 0.1) is 11.8 Å². The molecule has 0 aromatic rings. The summed E-state index contributed by atoms with van der Waals surface area (Å²) >= 11 is 0. The van der Waals surface area contributed by atoms with Gasteiger partial charge in [-0.05, 0) is 6.42 Å². The maximum atomic E-state index is 11.6. The molecular weight excluding hydrogens is 218 g/mol. The molecule has 0 aliphatic rings. The molecule has 0 fully saturated rings. The third-order valence-electron chi connectivity index (χ3n) is 2.08. The second-order valence-corrected chi connectivity index (χ2v) is 5.47. The lowest BCUT2D eigenvalue weighted by molar-refractivity contribution is -0.127. The molecule has 0 aromatic carbocycles. The SMILES string of the molecule is CCC(CN)S(=O)(=O)NCC(=O)N(C)C. The van der Waals surface area contributed by atoms with E-state index in [0.717, 1.165) is 0 Å². The van der Waals surface area contributed by atoms with Crippen LogP contribution in [0.2, 0.25) is 0 Å². The monoisotopic (exact) mass is 237 g/mol. The first kappa shape index (κ1) is 14.3. The highest BCUT2D eigenvalue weighted by Gasteiger charge is 2.22. The van der Waals surface area contributed by atoms with Gasteiger partial charge in [0.1, 0.15) is 0 Å². The van der Waals surface area contributed by atoms with Crippen molar-refractivity contribution < 1.29 is 13.2 Å². The Morgan fingerprint density at radius 3 is 2.33 bits per heavy atom. The number of sulfonamides is 1. The van der Waals surface area contributed by atoms with Crippen LogP contribution in [0.15, 0.2) is 0 Å². The smallest absolute Gasteiger partial charge is 0.237 e. The van der Waals surface area contributed by atoms with Gasteiger partial charge in [-0.2, -0.15) is 0 Å². The Hall–Kier alpha value is -0.660. The minimum Gasteiger partial charge on any atom is -0.348 e. The standard InChI is InChI=1S/C8H19N3O3S/c1-4-7(5-9)15(13,14)10-6-8(12)11(2)3/h7,10H,4-6,9H2,1-3H3. The van der Waals surface area contributed by atoms with Crippen LogP contribution in [-0.4, -0.2) is 51.7 Å². The second kappa shape index (κ2) is 6.04. The molecule has 0 rings (SSSR count). The molecule has 15 heavy (non-hydrogen) atoms. The van der Waals surface area contributed by atoms with Gasteiger partial charge in [-0.3, -0.25) is 4.79 Å². The van der Waals surface area contributed by atoms with Crippen molar-refractivity contribution in [1.29, 1.82) is 0 Å². The average Bonchev–Trinajstić information content (AvgIpc) is 2.15. The van der Waals surface area contributed by atoms with E-state index in [0.29, 0.717) is 6.42 Å². The molecular formula is C8H19N3O3S. The largest absolute Gasteiger partial charge is 0.348 e. The van der Waals surface area contributed by atoms with Crippen molar-refractivity contribution in [1.82, 2.24) is 9.62 Å². The van der Waals surface area contributed by atoms with Gasteiger partial charge in [0.15, 0.2) is 0 Å². The van der Waals surface area contributed by atoms with E-state index in [9.17, 15) is 13.2 Å². The molecule has 0 heterocycles. The van der Waals surface area contributed by atoms with E-state index in [-0.39, 0.29) is 19.0 Å². The van der Waals surface area contributed by atoms with E-state index in [4.69, 9.17) is 5.73 Å². The zero-order valence-corrected chi connectivity index (χ0v) is 10.2. The average molecular weight is 237 g/mol. The number of rotatable bonds is 6. The zero-order chi connectivity index (χ0) is 12.1. The maximum Gasteiger partial charge on any atom is 0.237 e. The molecule has 0 aromatic heterocycles. The molecule has 0 bridgehead atoms. The number of hydrogen-bond acceptors (Lipinski definition) is 4. The van der Waals surface area contributed by atoms with Crippen LogP contribution in [0.4, 0.5) is 0 Å². The fourth-order valence-electron chi connectivity index (χ4n) is 0.951. The fourth-order valence-corrected chi connectivity index (χ4v) is 2.20. The Morgan fingerprint density at radius 2 is 2.00 bits per heavy atom. The molecule has 0 aliphatic carbocycles. The van der Waals surface area contributed by atoms with E-state index in [1.165, 1.54) is 4.90 Å². The number of nitrogens with one attached hydrogen (secondary N) is 1. The summed E-state index contributed by atoms with van der Waals surface area (Å²) in [6.07, 6.45) is 0.433. The van der Waals surface area contributed by atoms with Crippen LogP contribution in [0.5, 0.6) is 0 Å². The first-order valence-corrected chi connectivity index (χ1v) is 6.28. The van der Waals surface area contributed by atoms with Gasteiger partial charge in [0.2, 0.25) is 15.9 Å². The van der Waals surface area contributed by atoms with Crippen molar-refractivity contribution in [2.45, 2.75) is 18.6 Å². The normalized spacial score (nSPS) is 13.6. The number of hydrogen-bond donors (Lipinski definition) is 2. The molecule has 7 heteroatoms. The highest BCUT2D eigenvalue weighted by Crippen LogP contribution is 2.01. The van der Waals surface area contributed by atoms with Crippen LogP contribution in [0.3, 0.4) is 0 Å². The van der Waals surface area contributed by atoms with Crippen LogP contribution in [0.1, 0.15) is 13.3 Å². The van der Waals surface area contributed by atoms with E-state index < -0.39 is 15.3 Å². The second-order valence-electron chi connectivity index (χ2n) is 3.42. The molecule has 0 spiro atoms. The van der Waals surface area contributed by atoms with E-state index in [1.54, 1.807) is 21.0 Å². The van der Waals surface area contributed by atoms with Crippen molar-refractivity contribution in [3.63, 3.8) is 0 Å². The number of nitrogens with two attached hydrogens (primary N) is 1. The van der Waals surface area contributed by atoms with Gasteiger partial charge in [-0.25, -0.2) is 13.1 Å². The molecule has 0 saturated heterocycles. The molecule has 90 valence electrons. The molecule has 1 unspecified atom stereocenters. The highest BCUT2D eigenvalue weighted by molar-refractivity contribution is 7.90. The van der Waals surface area contributed by atoms with Gasteiger partial charge in [-0.15, -0.1) is 0 Å². The van der Waals surface area contributed by atoms with Crippen molar-refractivity contribution in [3.05, 3.63) is 0 Å². The minimum absolute atomic E-state index is 0.0575. The number of carbonyl (C=O) groups excluding carboxylic acids is 1. The van der Waals surface area contributed by atoms with E-state index in [2.05, 4.69) is 4.72 Å². The highest BCUT2D eigenvalue weighted by atomic mass is 32.2. The van der Waals surface area contributed by atoms with Gasteiger partial charge < -0.3 is 10.6 Å². The first-order chi connectivity index (χ1) is 6.85. The Labute approximate surface area is 90.9 Å². The molecule has 6 nitrogen and oxygen atoms in total. The Kier molecular flexibility index (Phi) is 5.77. The molecule has 3 N–H and O–H groups in total. The van der Waals surface area contributed by atoms with Gasteiger partial charge in [-0.1, -0.05) is 6.92 Å². The first-order valence-electron chi connectivity index (χ1n) is 4.73. The topological polar surface area (TPSA) is 92.5 Å². The summed E-state index contributed by atoms with van der Waals surface area (Å²) in [5.74, 6) is -0.287. The summed E-state index contributed by atoms with van der Waals surface area (Å²) < 4.78 is 25.4. The third-order valence-corrected chi connectivity index (χ3v) is 4.03. The fraction of sp³-hybridized carbons (Fsp3) is 0.875. The summed E-state index contributed by atoms with van der Waals surface area (Å²) in [6.45, 7) is 1.58. The van der Waals surface area contributed by atoms with Gasteiger partial charge >= 0.3 is 0 Å². The quantitative estimate of drug-likeness (QED) is 0.602. The van der Waals surface area contributed by atoms with Crippen molar-refractivity contribution in [3.8, 4) is 0 Å². The lowest BCUT2D eigenvalue weighted by Crippen LogP contribution is -2.43. The van der Waals surface area contributed by atoms with Crippen LogP contribution < -0.4 is 10.5 Å². The predicted octanol–water partition coefficient (Wildman–Crippen LogP) is -1.27. The van der Waals surface area contributed by atoms with Crippen LogP contribution in [0, 0.1) is 0 Å². The molecule has 1 atom stereocenters. The molecule has 0 radical (unpaired) electrons. The van der Waals surface area contributed by atoms with Gasteiger partial charge in [0.25, 0.3) is 0 Å². The summed E-state index contributed by atoms with van der Waals surface area (Å²) in [6, 6.07) is 0. The van der Waals surface area contributed by atoms with Crippen molar-refractivity contribution in [2.24, 2.45) is 5.73 Å². The number of nitrogens with zero attached hydrogens (tertiary/aromatic N) is 1. The predicted molar refractivity (Wildman–Crippen MR) is 58.7 cm³/mol. The van der Waals surface area contributed by atoms with Gasteiger partial charge in [0, 0.05) is 20.6 Å². The van der Waals surface area contributed by atoms with Crippen LogP contribution in [-0.2, 0) is 14.8 Å². The Morgan fingerprint density at radius 1 is 1.47 bits per heavy atom. The summed E-state index contributed by atoms with van der Waals surface area (Å²) in [5.41, 5.74) is 5.32. The van der Waals surface area contributed by atoms with Crippen molar-refractivity contribution in [2.75, 3.05) is 27.2 Å². The minimum atomic E-state index is -3.47. The van der Waals surface area contributed by atoms with Crippen LogP contribution in [0.25, 0.3) is 0 Å². The summed E-state index contributed by atoms with van der Waals surface area (Å²) in [7, 11) is -0.341. The number of carbonyl (C=O) groups is 1. The molecule has 0 saturated carbocycles. The summed E-state index contributed by atoms with van der Waals surface area (Å²) in [4.78, 5) is 12.5. The zero-order valence-electron chi connectivity index (χ0n) is 9.36. The Balaban J connectivity index is 4.34. The maximum absolute atomic E-state index is 11.6. The third kappa shape index (κ3) is 4.59. The summed E-state index contributed by atoms with van der Waals surface area (Å²) in [5, 5.41) is -0.632. The van der Waals surface area contributed by atoms with E-state index >= 15 is 0 Å². The lowest BCUT2D eigenvalue weighted by atomic mass is 10.3. The van der Waals surface area contributed by atoms with Crippen molar-refractivity contribution >= 4 is 15.9 Å². The molecule has 1 amide bonds.